The molecule has 0 spiro atoms. The van der Waals surface area contributed by atoms with E-state index in [-0.39, 0.29) is 0 Å². The molecule has 3 atom stereocenters. The van der Waals surface area contributed by atoms with Gasteiger partial charge in [-0.2, -0.15) is 0 Å². The molecule has 0 radical (unpaired) electrons. The Labute approximate surface area is 210 Å². The number of aryl methyl sites for hydroxylation is 1. The number of nitrogens with zero attached hydrogens (tertiary/aromatic N) is 1. The molecule has 1 fully saturated rings. The van der Waals surface area contributed by atoms with Crippen LogP contribution in [0.4, 0.5) is 0 Å². The number of hydrogen-bond acceptors (Lipinski definition) is 4. The Hall–Kier alpha value is -2.56. The molecule has 4 heteroatoms. The topological polar surface area (TPSA) is 44.7 Å². The van der Waals surface area contributed by atoms with Crippen LogP contribution in [0.25, 0.3) is 0 Å². The first kappa shape index (κ1) is 24.1. The lowest BCUT2D eigenvalue weighted by molar-refractivity contribution is 0.147. The number of benzene rings is 2. The molecule has 35 heavy (non-hydrogen) atoms. The zero-order valence-corrected chi connectivity index (χ0v) is 21.2. The van der Waals surface area contributed by atoms with Crippen molar-refractivity contribution in [3.05, 3.63) is 88.7 Å². The Bertz CT molecular complexity index is 1050. The Balaban J connectivity index is 1.33. The van der Waals surface area contributed by atoms with Crippen molar-refractivity contribution >= 4 is 0 Å². The van der Waals surface area contributed by atoms with Gasteiger partial charge in [0.15, 0.2) is 0 Å². The normalized spacial score (nSPS) is 24.8. The number of hydrogen-bond donors (Lipinski definition) is 2. The monoisotopic (exact) mass is 472 g/mol. The largest absolute Gasteiger partial charge is 0.508 e. The highest BCUT2D eigenvalue weighted by molar-refractivity contribution is 5.37. The minimum absolute atomic E-state index is 0.313. The van der Waals surface area contributed by atoms with Crippen LogP contribution in [-0.2, 0) is 24.1 Å². The van der Waals surface area contributed by atoms with E-state index in [9.17, 15) is 5.11 Å². The number of ether oxygens (including phenoxy) is 1. The highest BCUT2D eigenvalue weighted by Crippen LogP contribution is 2.38. The minimum Gasteiger partial charge on any atom is -0.508 e. The van der Waals surface area contributed by atoms with Gasteiger partial charge in [-0.05, 0) is 116 Å². The van der Waals surface area contributed by atoms with Crippen molar-refractivity contribution in [1.29, 1.82) is 0 Å². The molecular weight excluding hydrogens is 432 g/mol. The fraction of sp³-hybridized carbons (Fsp3) is 0.484. The van der Waals surface area contributed by atoms with Gasteiger partial charge < -0.3 is 15.2 Å². The van der Waals surface area contributed by atoms with Gasteiger partial charge in [0.25, 0.3) is 0 Å². The van der Waals surface area contributed by atoms with E-state index in [4.69, 9.17) is 4.74 Å². The second kappa shape index (κ2) is 11.0. The zero-order chi connectivity index (χ0) is 24.2. The summed E-state index contributed by atoms with van der Waals surface area (Å²) in [7, 11) is 1.77. The van der Waals surface area contributed by atoms with E-state index in [0.29, 0.717) is 29.5 Å². The molecule has 2 aromatic rings. The third kappa shape index (κ3) is 5.49. The number of rotatable bonds is 7. The summed E-state index contributed by atoms with van der Waals surface area (Å²) in [6.07, 6.45) is 12.6. The first-order valence-corrected chi connectivity index (χ1v) is 13.4. The minimum atomic E-state index is 0.313. The quantitative estimate of drug-likeness (QED) is 0.553. The molecule has 0 aromatic heterocycles. The SMILES string of the molecule is CCN(Cc1ccc(C2CCNCC2)cc1)C1C=C(OC)C=CC1[C@@H]1CCc2cc(O)ccc2C1. The molecule has 3 aliphatic rings. The van der Waals surface area contributed by atoms with E-state index >= 15 is 0 Å². The maximum atomic E-state index is 9.89. The smallest absolute Gasteiger partial charge is 0.116 e. The van der Waals surface area contributed by atoms with E-state index in [1.165, 1.54) is 35.1 Å². The molecule has 0 amide bonds. The molecule has 0 bridgehead atoms. The standard InChI is InChI=1S/C31H40N2O2/c1-3-33(21-22-4-6-23(7-5-22)24-14-16-32-17-15-24)31-20-29(35-2)12-13-30(31)27-9-8-26-19-28(34)11-10-25(26)18-27/h4-7,10-13,19-20,24,27,30-32,34H,3,8-9,14-18,21H2,1-2H3/t27-,30?,31?/m1/s1. The molecule has 4 nitrogen and oxygen atoms in total. The Morgan fingerprint density at radius 3 is 2.57 bits per heavy atom. The molecule has 2 aliphatic carbocycles. The number of allylic oxidation sites excluding steroid dienone is 1. The first-order chi connectivity index (χ1) is 17.1. The molecular formula is C31H40N2O2. The van der Waals surface area contributed by atoms with Gasteiger partial charge in [0.2, 0.25) is 0 Å². The van der Waals surface area contributed by atoms with Gasteiger partial charge in [-0.1, -0.05) is 43.3 Å². The van der Waals surface area contributed by atoms with E-state index in [2.05, 4.69) is 65.7 Å². The second-order valence-electron chi connectivity index (χ2n) is 10.5. The van der Waals surface area contributed by atoms with E-state index < -0.39 is 0 Å². The van der Waals surface area contributed by atoms with Crippen molar-refractivity contribution in [2.75, 3.05) is 26.7 Å². The molecule has 186 valence electrons. The fourth-order valence-electron chi connectivity index (χ4n) is 6.39. The maximum absolute atomic E-state index is 9.89. The lowest BCUT2D eigenvalue weighted by Gasteiger charge is -2.41. The van der Waals surface area contributed by atoms with Crippen LogP contribution >= 0.6 is 0 Å². The van der Waals surface area contributed by atoms with Gasteiger partial charge >= 0.3 is 0 Å². The average Bonchev–Trinajstić information content (AvgIpc) is 2.92. The van der Waals surface area contributed by atoms with Crippen LogP contribution in [0, 0.1) is 11.8 Å². The Morgan fingerprint density at radius 2 is 1.83 bits per heavy atom. The van der Waals surface area contributed by atoms with Crippen molar-refractivity contribution in [2.45, 2.75) is 57.5 Å². The molecule has 2 unspecified atom stereocenters. The second-order valence-corrected chi connectivity index (χ2v) is 10.5. The van der Waals surface area contributed by atoms with E-state index in [1.54, 1.807) is 7.11 Å². The number of nitrogens with one attached hydrogen (secondary N) is 1. The molecule has 5 rings (SSSR count). The number of methoxy groups -OCH3 is 1. The molecule has 1 heterocycles. The number of likely N-dealkylation sites (N-methyl/N-ethyl adjacent to an activating group) is 1. The first-order valence-electron chi connectivity index (χ1n) is 13.4. The number of fused-ring (bicyclic) bond motifs is 1. The molecule has 1 aliphatic heterocycles. The molecule has 1 saturated heterocycles. The summed E-state index contributed by atoms with van der Waals surface area (Å²) in [4.78, 5) is 2.61. The maximum Gasteiger partial charge on any atom is 0.116 e. The predicted molar refractivity (Wildman–Crippen MR) is 143 cm³/mol. The number of phenolic OH excluding ortho intramolecular Hbond substituents is 1. The highest BCUT2D eigenvalue weighted by atomic mass is 16.5. The van der Waals surface area contributed by atoms with Crippen LogP contribution in [0.3, 0.4) is 0 Å². The number of aromatic hydroxyl groups is 1. The van der Waals surface area contributed by atoms with Gasteiger partial charge in [0.05, 0.1) is 7.11 Å². The van der Waals surface area contributed by atoms with Crippen LogP contribution in [0.15, 0.2) is 66.5 Å². The predicted octanol–water partition coefficient (Wildman–Crippen LogP) is 5.57. The third-order valence-electron chi connectivity index (χ3n) is 8.45. The van der Waals surface area contributed by atoms with Gasteiger partial charge in [-0.3, -0.25) is 4.90 Å². The van der Waals surface area contributed by atoms with Crippen LogP contribution in [-0.4, -0.2) is 42.8 Å². The summed E-state index contributed by atoms with van der Waals surface area (Å²) < 4.78 is 5.67. The van der Waals surface area contributed by atoms with Crippen molar-refractivity contribution < 1.29 is 9.84 Å². The van der Waals surface area contributed by atoms with Crippen LogP contribution in [0.1, 0.15) is 54.4 Å². The van der Waals surface area contributed by atoms with E-state index in [1.807, 2.05) is 12.1 Å². The van der Waals surface area contributed by atoms with Crippen LogP contribution in [0.5, 0.6) is 5.75 Å². The summed E-state index contributed by atoms with van der Waals surface area (Å²) in [5, 5.41) is 13.4. The van der Waals surface area contributed by atoms with Gasteiger partial charge in [-0.25, -0.2) is 0 Å². The van der Waals surface area contributed by atoms with Crippen LogP contribution in [0.2, 0.25) is 0 Å². The van der Waals surface area contributed by atoms with Crippen molar-refractivity contribution in [3.63, 3.8) is 0 Å². The third-order valence-corrected chi connectivity index (χ3v) is 8.45. The Morgan fingerprint density at radius 1 is 1.03 bits per heavy atom. The summed E-state index contributed by atoms with van der Waals surface area (Å²) >= 11 is 0. The summed E-state index contributed by atoms with van der Waals surface area (Å²) in [6.45, 7) is 6.48. The Kier molecular flexibility index (Phi) is 7.60. The number of phenols is 1. The molecule has 0 saturated carbocycles. The van der Waals surface area contributed by atoms with Gasteiger partial charge in [-0.15, -0.1) is 0 Å². The van der Waals surface area contributed by atoms with Gasteiger partial charge in [0, 0.05) is 12.6 Å². The summed E-state index contributed by atoms with van der Waals surface area (Å²) in [6, 6.07) is 15.6. The zero-order valence-electron chi connectivity index (χ0n) is 21.2. The highest BCUT2D eigenvalue weighted by Gasteiger charge is 2.34. The van der Waals surface area contributed by atoms with E-state index in [0.717, 1.165) is 51.2 Å². The lowest BCUT2D eigenvalue weighted by Crippen LogP contribution is -2.43. The average molecular weight is 473 g/mol. The van der Waals surface area contributed by atoms with Gasteiger partial charge in [0.1, 0.15) is 11.5 Å². The van der Waals surface area contributed by atoms with Crippen molar-refractivity contribution in [1.82, 2.24) is 10.2 Å². The molecule has 2 N–H and O–H groups in total. The lowest BCUT2D eigenvalue weighted by atomic mass is 9.72. The number of piperidine rings is 1. The van der Waals surface area contributed by atoms with Crippen molar-refractivity contribution in [2.24, 2.45) is 11.8 Å². The summed E-state index contributed by atoms with van der Waals surface area (Å²) in [5.74, 6) is 3.08. The van der Waals surface area contributed by atoms with Crippen LogP contribution < -0.4 is 5.32 Å². The van der Waals surface area contributed by atoms with Crippen molar-refractivity contribution in [3.8, 4) is 5.75 Å². The summed E-state index contributed by atoms with van der Waals surface area (Å²) in [5.41, 5.74) is 5.58. The molecule has 2 aromatic carbocycles. The fourth-order valence-corrected chi connectivity index (χ4v) is 6.39.